The fourth-order valence-electron chi connectivity index (χ4n) is 3.25. The van der Waals surface area contributed by atoms with Gasteiger partial charge in [0.1, 0.15) is 0 Å². The summed E-state index contributed by atoms with van der Waals surface area (Å²) in [6.45, 7) is 5.48. The Balaban J connectivity index is 1.43. The Labute approximate surface area is 144 Å². The number of morpholine rings is 1. The Kier molecular flexibility index (Phi) is 5.88. The lowest BCUT2D eigenvalue weighted by molar-refractivity contribution is -0.134. The Hall–Kier alpha value is -1.85. The molecule has 1 amide bonds. The number of nitrogens with zero attached hydrogens (tertiary/aromatic N) is 2. The van der Waals surface area contributed by atoms with Crippen LogP contribution in [0.3, 0.4) is 0 Å². The van der Waals surface area contributed by atoms with Gasteiger partial charge in [0.25, 0.3) is 0 Å². The van der Waals surface area contributed by atoms with Gasteiger partial charge in [-0.3, -0.25) is 9.69 Å². The van der Waals surface area contributed by atoms with Crippen molar-refractivity contribution in [2.45, 2.75) is 12.8 Å². The molecule has 0 bridgehead atoms. The second-order valence-corrected chi connectivity index (χ2v) is 6.63. The Morgan fingerprint density at radius 1 is 1.12 bits per heavy atom. The maximum atomic E-state index is 12.4. The van der Waals surface area contributed by atoms with Crippen molar-refractivity contribution in [1.29, 1.82) is 0 Å². The fraction of sp³-hybridized carbons (Fsp3) is 0.526. The smallest absolute Gasteiger partial charge is 0.236 e. The molecule has 0 aliphatic carbocycles. The maximum Gasteiger partial charge on any atom is 0.236 e. The molecule has 2 aliphatic rings. The van der Waals surface area contributed by atoms with Crippen molar-refractivity contribution in [3.8, 4) is 0 Å². The summed E-state index contributed by atoms with van der Waals surface area (Å²) < 4.78 is 5.33. The highest BCUT2D eigenvalue weighted by Gasteiger charge is 2.23. The predicted octanol–water partition coefficient (Wildman–Crippen LogP) is 1.85. The van der Waals surface area contributed by atoms with E-state index in [0.717, 1.165) is 57.9 Å². The van der Waals surface area contributed by atoms with Crippen LogP contribution in [0.25, 0.3) is 6.08 Å². The van der Waals surface area contributed by atoms with E-state index in [1.165, 1.54) is 5.56 Å². The van der Waals surface area contributed by atoms with Crippen LogP contribution in [0.2, 0.25) is 0 Å². The number of hydrogen-bond donors (Lipinski definition) is 1. The van der Waals surface area contributed by atoms with E-state index in [-0.39, 0.29) is 5.91 Å². The molecule has 0 saturated carbocycles. The van der Waals surface area contributed by atoms with Gasteiger partial charge in [-0.2, -0.15) is 0 Å². The summed E-state index contributed by atoms with van der Waals surface area (Å²) in [6, 6.07) is 7.92. The molecular weight excluding hydrogens is 302 g/mol. The number of allylic oxidation sites excluding steroid dienone is 1. The van der Waals surface area contributed by atoms with Crippen molar-refractivity contribution in [1.82, 2.24) is 9.80 Å². The van der Waals surface area contributed by atoms with Crippen molar-refractivity contribution in [3.63, 3.8) is 0 Å². The van der Waals surface area contributed by atoms with E-state index in [2.05, 4.69) is 17.1 Å². The molecule has 0 unspecified atom stereocenters. The first-order chi connectivity index (χ1) is 11.7. The lowest BCUT2D eigenvalue weighted by Crippen LogP contribution is -2.46. The highest BCUT2D eigenvalue weighted by molar-refractivity contribution is 5.78. The SMILES string of the molecule is Nc1ccc(/C=C/C2CCN(C(=O)CN3CCOCC3)CC2)cc1. The first-order valence-electron chi connectivity index (χ1n) is 8.82. The fourth-order valence-corrected chi connectivity index (χ4v) is 3.25. The van der Waals surface area contributed by atoms with Crippen LogP contribution in [0.15, 0.2) is 30.3 Å². The average molecular weight is 329 g/mol. The van der Waals surface area contributed by atoms with Gasteiger partial charge in [-0.15, -0.1) is 0 Å². The van der Waals surface area contributed by atoms with Gasteiger partial charge in [0, 0.05) is 31.9 Å². The largest absolute Gasteiger partial charge is 0.399 e. The number of ether oxygens (including phenoxy) is 1. The van der Waals surface area contributed by atoms with E-state index in [1.54, 1.807) is 0 Å². The number of likely N-dealkylation sites (tertiary alicyclic amines) is 1. The Morgan fingerprint density at radius 3 is 2.46 bits per heavy atom. The Bertz CT molecular complexity index is 556. The van der Waals surface area contributed by atoms with Crippen LogP contribution in [0.1, 0.15) is 18.4 Å². The van der Waals surface area contributed by atoms with Crippen LogP contribution < -0.4 is 5.73 Å². The molecule has 5 heteroatoms. The first-order valence-corrected chi connectivity index (χ1v) is 8.82. The first kappa shape index (κ1) is 17.0. The minimum atomic E-state index is 0.262. The lowest BCUT2D eigenvalue weighted by atomic mass is 9.95. The third kappa shape index (κ3) is 4.82. The topological polar surface area (TPSA) is 58.8 Å². The van der Waals surface area contributed by atoms with Gasteiger partial charge in [-0.1, -0.05) is 24.3 Å². The highest BCUT2D eigenvalue weighted by Crippen LogP contribution is 2.20. The quantitative estimate of drug-likeness (QED) is 0.857. The molecule has 2 N–H and O–H groups in total. The average Bonchev–Trinajstić information content (AvgIpc) is 2.62. The summed E-state index contributed by atoms with van der Waals surface area (Å²) in [5, 5.41) is 0. The minimum absolute atomic E-state index is 0.262. The van der Waals surface area contributed by atoms with E-state index >= 15 is 0 Å². The van der Waals surface area contributed by atoms with Gasteiger partial charge in [0.2, 0.25) is 5.91 Å². The molecule has 3 rings (SSSR count). The molecule has 0 spiro atoms. The second-order valence-electron chi connectivity index (χ2n) is 6.63. The van der Waals surface area contributed by atoms with E-state index < -0.39 is 0 Å². The zero-order chi connectivity index (χ0) is 16.8. The zero-order valence-electron chi connectivity index (χ0n) is 14.2. The van der Waals surface area contributed by atoms with Crippen molar-refractivity contribution >= 4 is 17.7 Å². The summed E-state index contributed by atoms with van der Waals surface area (Å²) in [4.78, 5) is 16.6. The summed E-state index contributed by atoms with van der Waals surface area (Å²) in [7, 11) is 0. The zero-order valence-corrected chi connectivity index (χ0v) is 14.2. The van der Waals surface area contributed by atoms with E-state index in [0.29, 0.717) is 12.5 Å². The van der Waals surface area contributed by atoms with Crippen molar-refractivity contribution in [2.24, 2.45) is 5.92 Å². The number of hydrogen-bond acceptors (Lipinski definition) is 4. The van der Waals surface area contributed by atoms with E-state index in [9.17, 15) is 4.79 Å². The van der Waals surface area contributed by atoms with Gasteiger partial charge in [-0.25, -0.2) is 0 Å². The number of amides is 1. The van der Waals surface area contributed by atoms with Crippen molar-refractivity contribution < 1.29 is 9.53 Å². The number of nitrogens with two attached hydrogens (primary N) is 1. The van der Waals surface area contributed by atoms with Gasteiger partial charge < -0.3 is 15.4 Å². The summed E-state index contributed by atoms with van der Waals surface area (Å²) >= 11 is 0. The van der Waals surface area contributed by atoms with Gasteiger partial charge in [-0.05, 0) is 36.5 Å². The molecule has 2 fully saturated rings. The van der Waals surface area contributed by atoms with Crippen LogP contribution in [-0.4, -0.2) is 61.6 Å². The third-order valence-electron chi connectivity index (χ3n) is 4.85. The predicted molar refractivity (Wildman–Crippen MR) is 96.5 cm³/mol. The molecule has 0 radical (unpaired) electrons. The van der Waals surface area contributed by atoms with Gasteiger partial charge in [0.15, 0.2) is 0 Å². The third-order valence-corrected chi connectivity index (χ3v) is 4.85. The molecule has 130 valence electrons. The standard InChI is InChI=1S/C19H27N3O2/c20-18-5-3-16(4-6-18)1-2-17-7-9-22(10-8-17)19(23)15-21-11-13-24-14-12-21/h1-6,17H,7-15,20H2/b2-1+. The van der Waals surface area contributed by atoms with Gasteiger partial charge >= 0.3 is 0 Å². The molecule has 5 nitrogen and oxygen atoms in total. The molecule has 0 aromatic heterocycles. The molecule has 2 aliphatic heterocycles. The van der Waals surface area contributed by atoms with Crippen LogP contribution in [0, 0.1) is 5.92 Å². The van der Waals surface area contributed by atoms with Crippen molar-refractivity contribution in [2.75, 3.05) is 51.7 Å². The molecule has 24 heavy (non-hydrogen) atoms. The minimum Gasteiger partial charge on any atom is -0.399 e. The normalized spacial score (nSPS) is 20.6. The molecule has 1 aromatic carbocycles. The maximum absolute atomic E-state index is 12.4. The molecule has 1 aromatic rings. The summed E-state index contributed by atoms with van der Waals surface area (Å²) in [6.07, 6.45) is 6.52. The molecular formula is C19H27N3O2. The number of benzene rings is 1. The summed E-state index contributed by atoms with van der Waals surface area (Å²) in [5.74, 6) is 0.813. The number of rotatable bonds is 4. The van der Waals surface area contributed by atoms with Gasteiger partial charge in [0.05, 0.1) is 19.8 Å². The van der Waals surface area contributed by atoms with E-state index in [4.69, 9.17) is 10.5 Å². The molecule has 2 heterocycles. The van der Waals surface area contributed by atoms with Crippen LogP contribution >= 0.6 is 0 Å². The molecule has 2 saturated heterocycles. The van der Waals surface area contributed by atoms with Crippen LogP contribution in [0.5, 0.6) is 0 Å². The van der Waals surface area contributed by atoms with Crippen molar-refractivity contribution in [3.05, 3.63) is 35.9 Å². The number of anilines is 1. The van der Waals surface area contributed by atoms with Crippen LogP contribution in [-0.2, 0) is 9.53 Å². The number of piperidine rings is 1. The molecule has 0 atom stereocenters. The van der Waals surface area contributed by atoms with Crippen LogP contribution in [0.4, 0.5) is 5.69 Å². The lowest BCUT2D eigenvalue weighted by Gasteiger charge is -2.33. The monoisotopic (exact) mass is 329 g/mol. The number of carbonyl (C=O) groups excluding carboxylic acids is 1. The summed E-state index contributed by atoms with van der Waals surface area (Å²) in [5.41, 5.74) is 7.67. The second kappa shape index (κ2) is 8.31. The Morgan fingerprint density at radius 2 is 1.79 bits per heavy atom. The number of nitrogen functional groups attached to an aromatic ring is 1. The van der Waals surface area contributed by atoms with E-state index in [1.807, 2.05) is 29.2 Å². The number of carbonyl (C=O) groups is 1. The highest BCUT2D eigenvalue weighted by atomic mass is 16.5.